The van der Waals surface area contributed by atoms with Gasteiger partial charge in [-0.15, -0.1) is 0 Å². The zero-order chi connectivity index (χ0) is 16.4. The van der Waals surface area contributed by atoms with Crippen molar-refractivity contribution < 1.29 is 13.3 Å². The third-order valence-electron chi connectivity index (χ3n) is 4.87. The molecule has 2 aliphatic heterocycles. The van der Waals surface area contributed by atoms with Crippen LogP contribution < -0.4 is 5.32 Å². The van der Waals surface area contributed by atoms with Crippen molar-refractivity contribution in [3.05, 3.63) is 34.4 Å². The molecule has 0 radical (unpaired) electrons. The van der Waals surface area contributed by atoms with Gasteiger partial charge >= 0.3 is 0 Å². The van der Waals surface area contributed by atoms with Gasteiger partial charge in [0.05, 0.1) is 4.92 Å². The van der Waals surface area contributed by atoms with E-state index in [0.717, 1.165) is 32.4 Å². The SMILES string of the molecule is O=[N+]([O-])c1ccccc1S(=O)(=O)N1CCCC(C2CCNC2)C1. The molecule has 2 heterocycles. The first-order chi connectivity index (χ1) is 11.0. The van der Waals surface area contributed by atoms with E-state index in [-0.39, 0.29) is 10.6 Å². The third kappa shape index (κ3) is 3.24. The quantitative estimate of drug-likeness (QED) is 0.664. The second-order valence-corrected chi connectivity index (χ2v) is 8.15. The molecule has 2 saturated heterocycles. The maximum absolute atomic E-state index is 12.9. The van der Waals surface area contributed by atoms with Crippen molar-refractivity contribution >= 4 is 15.7 Å². The van der Waals surface area contributed by atoms with Gasteiger partial charge in [-0.2, -0.15) is 4.31 Å². The zero-order valence-corrected chi connectivity index (χ0v) is 13.7. The predicted molar refractivity (Wildman–Crippen MR) is 85.6 cm³/mol. The monoisotopic (exact) mass is 339 g/mol. The summed E-state index contributed by atoms with van der Waals surface area (Å²) in [4.78, 5) is 10.3. The largest absolute Gasteiger partial charge is 0.316 e. The van der Waals surface area contributed by atoms with E-state index >= 15 is 0 Å². The summed E-state index contributed by atoms with van der Waals surface area (Å²) in [6.07, 6.45) is 2.90. The Bertz CT molecular complexity index is 686. The summed E-state index contributed by atoms with van der Waals surface area (Å²) < 4.78 is 27.2. The van der Waals surface area contributed by atoms with Gasteiger partial charge in [0.1, 0.15) is 0 Å². The number of para-hydroxylation sites is 1. The molecule has 1 N–H and O–H groups in total. The first-order valence-electron chi connectivity index (χ1n) is 7.94. The Kier molecular flexibility index (Phi) is 4.65. The molecule has 126 valence electrons. The molecule has 0 spiro atoms. The van der Waals surface area contributed by atoms with Gasteiger partial charge in [0.2, 0.25) is 10.0 Å². The van der Waals surface area contributed by atoms with Gasteiger partial charge < -0.3 is 5.32 Å². The maximum atomic E-state index is 12.9. The van der Waals surface area contributed by atoms with Crippen LogP contribution in [0.2, 0.25) is 0 Å². The molecule has 7 nitrogen and oxygen atoms in total. The maximum Gasteiger partial charge on any atom is 0.289 e. The highest BCUT2D eigenvalue weighted by molar-refractivity contribution is 7.89. The minimum atomic E-state index is -3.83. The molecular formula is C15H21N3O4S. The number of nitro groups is 1. The smallest absolute Gasteiger partial charge is 0.289 e. The Balaban J connectivity index is 1.86. The molecule has 0 bridgehead atoms. The average molecular weight is 339 g/mol. The van der Waals surface area contributed by atoms with Crippen molar-refractivity contribution in [2.45, 2.75) is 24.2 Å². The highest BCUT2D eigenvalue weighted by Crippen LogP contribution is 2.33. The molecular weight excluding hydrogens is 318 g/mol. The van der Waals surface area contributed by atoms with Crippen LogP contribution in [0, 0.1) is 22.0 Å². The molecule has 0 aromatic heterocycles. The van der Waals surface area contributed by atoms with Crippen LogP contribution >= 0.6 is 0 Å². The van der Waals surface area contributed by atoms with Crippen molar-refractivity contribution in [3.63, 3.8) is 0 Å². The molecule has 2 atom stereocenters. The molecule has 0 saturated carbocycles. The highest BCUT2D eigenvalue weighted by atomic mass is 32.2. The molecule has 23 heavy (non-hydrogen) atoms. The number of hydrogen-bond acceptors (Lipinski definition) is 5. The second-order valence-electron chi connectivity index (χ2n) is 6.24. The highest BCUT2D eigenvalue weighted by Gasteiger charge is 2.37. The van der Waals surface area contributed by atoms with Gasteiger partial charge in [-0.3, -0.25) is 10.1 Å². The van der Waals surface area contributed by atoms with Crippen LogP contribution in [0.3, 0.4) is 0 Å². The second kappa shape index (κ2) is 6.54. The number of benzene rings is 1. The lowest BCUT2D eigenvalue weighted by Crippen LogP contribution is -2.42. The van der Waals surface area contributed by atoms with Crippen LogP contribution in [0.4, 0.5) is 5.69 Å². The van der Waals surface area contributed by atoms with E-state index in [0.29, 0.717) is 24.9 Å². The average Bonchev–Trinajstić information content (AvgIpc) is 3.09. The summed E-state index contributed by atoms with van der Waals surface area (Å²) in [5.41, 5.74) is -0.350. The molecule has 2 aliphatic rings. The Morgan fingerprint density at radius 3 is 2.70 bits per heavy atom. The van der Waals surface area contributed by atoms with Crippen molar-refractivity contribution in [1.82, 2.24) is 9.62 Å². The van der Waals surface area contributed by atoms with E-state index in [4.69, 9.17) is 0 Å². The summed E-state index contributed by atoms with van der Waals surface area (Å²) in [5, 5.41) is 14.5. The molecule has 0 amide bonds. The van der Waals surface area contributed by atoms with E-state index in [9.17, 15) is 18.5 Å². The molecule has 2 fully saturated rings. The molecule has 8 heteroatoms. The minimum Gasteiger partial charge on any atom is -0.316 e. The van der Waals surface area contributed by atoms with E-state index in [1.807, 2.05) is 0 Å². The molecule has 1 aromatic rings. The molecule has 2 unspecified atom stereocenters. The summed E-state index contributed by atoms with van der Waals surface area (Å²) in [7, 11) is -3.83. The number of rotatable bonds is 4. The van der Waals surface area contributed by atoms with Crippen molar-refractivity contribution in [2.75, 3.05) is 26.2 Å². The van der Waals surface area contributed by atoms with Crippen LogP contribution in [0.15, 0.2) is 29.2 Å². The first-order valence-corrected chi connectivity index (χ1v) is 9.38. The lowest BCUT2D eigenvalue weighted by Gasteiger charge is -2.34. The third-order valence-corrected chi connectivity index (χ3v) is 6.78. The summed E-state index contributed by atoms with van der Waals surface area (Å²) in [5.74, 6) is 0.829. The number of piperidine rings is 1. The lowest BCUT2D eigenvalue weighted by atomic mass is 9.86. The zero-order valence-electron chi connectivity index (χ0n) is 12.8. The minimum absolute atomic E-state index is 0.199. The fourth-order valence-electron chi connectivity index (χ4n) is 3.62. The summed E-state index contributed by atoms with van der Waals surface area (Å²) in [6.45, 7) is 2.81. The number of nitrogens with one attached hydrogen (secondary N) is 1. The number of nitrogens with zero attached hydrogens (tertiary/aromatic N) is 2. The van der Waals surface area contributed by atoms with Gasteiger partial charge in [-0.05, 0) is 50.3 Å². The standard InChI is InChI=1S/C15H21N3O4S/c19-18(20)14-5-1-2-6-15(14)23(21,22)17-9-3-4-13(11-17)12-7-8-16-10-12/h1-2,5-6,12-13,16H,3-4,7-11H2. The van der Waals surface area contributed by atoms with Crippen LogP contribution in [0.25, 0.3) is 0 Å². The number of sulfonamides is 1. The Hall–Kier alpha value is -1.51. The van der Waals surface area contributed by atoms with E-state index < -0.39 is 14.9 Å². The van der Waals surface area contributed by atoms with Crippen molar-refractivity contribution in [1.29, 1.82) is 0 Å². The Labute approximate surface area is 135 Å². The van der Waals surface area contributed by atoms with Gasteiger partial charge in [0.15, 0.2) is 4.90 Å². The number of nitro benzene ring substituents is 1. The van der Waals surface area contributed by atoms with Gasteiger partial charge in [0, 0.05) is 19.2 Å². The Morgan fingerprint density at radius 1 is 1.22 bits per heavy atom. The van der Waals surface area contributed by atoms with Gasteiger partial charge in [-0.1, -0.05) is 12.1 Å². The normalized spacial score (nSPS) is 26.3. The topological polar surface area (TPSA) is 92.5 Å². The van der Waals surface area contributed by atoms with E-state index in [2.05, 4.69) is 5.32 Å². The molecule has 0 aliphatic carbocycles. The Morgan fingerprint density at radius 2 is 2.00 bits per heavy atom. The lowest BCUT2D eigenvalue weighted by molar-refractivity contribution is -0.387. The van der Waals surface area contributed by atoms with E-state index in [1.165, 1.54) is 28.6 Å². The van der Waals surface area contributed by atoms with Crippen LogP contribution in [0.5, 0.6) is 0 Å². The predicted octanol–water partition coefficient (Wildman–Crippen LogP) is 1.60. The van der Waals surface area contributed by atoms with Gasteiger partial charge in [-0.25, -0.2) is 8.42 Å². The fraction of sp³-hybridized carbons (Fsp3) is 0.600. The number of hydrogen-bond donors (Lipinski definition) is 1. The van der Waals surface area contributed by atoms with Crippen LogP contribution in [-0.4, -0.2) is 43.8 Å². The van der Waals surface area contributed by atoms with Crippen molar-refractivity contribution in [2.24, 2.45) is 11.8 Å². The summed E-state index contributed by atoms with van der Waals surface area (Å²) in [6, 6.07) is 5.59. The van der Waals surface area contributed by atoms with E-state index in [1.54, 1.807) is 0 Å². The summed E-state index contributed by atoms with van der Waals surface area (Å²) >= 11 is 0. The van der Waals surface area contributed by atoms with Crippen LogP contribution in [0.1, 0.15) is 19.3 Å². The molecule has 1 aromatic carbocycles. The fourth-order valence-corrected chi connectivity index (χ4v) is 5.31. The first kappa shape index (κ1) is 16.4. The van der Waals surface area contributed by atoms with Crippen molar-refractivity contribution in [3.8, 4) is 0 Å². The molecule has 3 rings (SSSR count). The van der Waals surface area contributed by atoms with Gasteiger partial charge in [0.25, 0.3) is 5.69 Å². The van der Waals surface area contributed by atoms with Crippen LogP contribution in [-0.2, 0) is 10.0 Å².